The Morgan fingerprint density at radius 2 is 1.50 bits per heavy atom. The third-order valence-electron chi connectivity index (χ3n) is 3.42. The Kier molecular flexibility index (Phi) is 7.12. The van der Waals surface area contributed by atoms with E-state index in [1.54, 1.807) is 13.8 Å². The first-order valence-electron chi connectivity index (χ1n) is 5.06. The molecule has 0 aromatic rings. The quantitative estimate of drug-likeness (QED) is 0.720. The van der Waals surface area contributed by atoms with Crippen LogP contribution >= 0.6 is 0 Å². The molecular weight excluding hydrogens is 266 g/mol. The topological polar surface area (TPSA) is 74.6 Å². The number of hydrogen-bond donors (Lipinski definition) is 2. The van der Waals surface area contributed by atoms with E-state index in [1.807, 2.05) is 13.8 Å². The standard InChI is InChI=1S/C11H20O4.Ga.3H/c1-10(2,7-5-6-8(12)13)11(3,4)9(14)15;;;;/h5-7H2,1-4H3,(H,12,13)(H,14,15);;;;. The van der Waals surface area contributed by atoms with E-state index in [0.717, 1.165) is 0 Å². The van der Waals surface area contributed by atoms with Gasteiger partial charge in [-0.25, -0.2) is 0 Å². The SMILES string of the molecule is CC(C)(CCCC(=O)O)C(C)(C)C(=O)O.[GaH3]. The van der Waals surface area contributed by atoms with E-state index in [1.165, 1.54) is 0 Å². The molecule has 4 nitrogen and oxygen atoms in total. The summed E-state index contributed by atoms with van der Waals surface area (Å²) in [4.78, 5) is 21.4. The van der Waals surface area contributed by atoms with Gasteiger partial charge in [0.05, 0.1) is 5.41 Å². The number of rotatable bonds is 6. The number of aliphatic carboxylic acids is 2. The van der Waals surface area contributed by atoms with Gasteiger partial charge in [-0.15, -0.1) is 0 Å². The Morgan fingerprint density at radius 3 is 1.81 bits per heavy atom. The van der Waals surface area contributed by atoms with Crippen LogP contribution in [0.25, 0.3) is 0 Å². The molecule has 0 fully saturated rings. The van der Waals surface area contributed by atoms with Gasteiger partial charge in [-0.2, -0.15) is 0 Å². The van der Waals surface area contributed by atoms with Crippen LogP contribution in [0.5, 0.6) is 0 Å². The van der Waals surface area contributed by atoms with Gasteiger partial charge in [0.2, 0.25) is 0 Å². The molecule has 0 unspecified atom stereocenters. The van der Waals surface area contributed by atoms with Crippen molar-refractivity contribution in [1.82, 2.24) is 0 Å². The van der Waals surface area contributed by atoms with Crippen molar-refractivity contribution in [3.8, 4) is 0 Å². The van der Waals surface area contributed by atoms with Crippen molar-refractivity contribution >= 4 is 31.7 Å². The van der Waals surface area contributed by atoms with Gasteiger partial charge in [0, 0.05) is 6.42 Å². The predicted molar refractivity (Wildman–Crippen MR) is 66.6 cm³/mol. The number of carboxylic acid groups (broad SMARTS) is 2. The Hall–Kier alpha value is -0.424. The summed E-state index contributed by atoms with van der Waals surface area (Å²) < 4.78 is 0. The van der Waals surface area contributed by atoms with E-state index < -0.39 is 22.8 Å². The third-order valence-corrected chi connectivity index (χ3v) is 3.42. The van der Waals surface area contributed by atoms with Gasteiger partial charge in [0.15, 0.2) is 0 Å². The Labute approximate surface area is 109 Å². The summed E-state index contributed by atoms with van der Waals surface area (Å²) >= 11 is 0. The molecule has 0 rings (SSSR count). The first-order chi connectivity index (χ1) is 6.61. The molecule has 0 aliphatic carbocycles. The molecule has 0 saturated carbocycles. The van der Waals surface area contributed by atoms with Crippen molar-refractivity contribution in [2.75, 3.05) is 0 Å². The zero-order valence-corrected chi connectivity index (χ0v) is 9.83. The summed E-state index contributed by atoms with van der Waals surface area (Å²) in [6.07, 6.45) is 1.21. The van der Waals surface area contributed by atoms with Crippen molar-refractivity contribution in [2.24, 2.45) is 10.8 Å². The van der Waals surface area contributed by atoms with E-state index >= 15 is 0 Å². The number of carbonyl (C=O) groups is 2. The van der Waals surface area contributed by atoms with Crippen LogP contribution in [0, 0.1) is 10.8 Å². The van der Waals surface area contributed by atoms with E-state index in [2.05, 4.69) is 0 Å². The number of carboxylic acids is 2. The van der Waals surface area contributed by atoms with Crippen molar-refractivity contribution in [1.29, 1.82) is 0 Å². The molecule has 16 heavy (non-hydrogen) atoms. The fourth-order valence-electron chi connectivity index (χ4n) is 1.28. The summed E-state index contributed by atoms with van der Waals surface area (Å²) in [5.41, 5.74) is -1.25. The fourth-order valence-corrected chi connectivity index (χ4v) is 1.28. The van der Waals surface area contributed by atoms with E-state index in [4.69, 9.17) is 10.2 Å². The zero-order chi connectivity index (χ0) is 12.3. The van der Waals surface area contributed by atoms with E-state index in [-0.39, 0.29) is 26.2 Å². The molecule has 0 aromatic carbocycles. The number of hydrogen-bond acceptors (Lipinski definition) is 2. The summed E-state index contributed by atoms with van der Waals surface area (Å²) in [6.45, 7) is 7.08. The van der Waals surface area contributed by atoms with Crippen LogP contribution in [-0.4, -0.2) is 41.9 Å². The van der Waals surface area contributed by atoms with Crippen LogP contribution in [-0.2, 0) is 9.59 Å². The molecular formula is C11H23GaO4. The van der Waals surface area contributed by atoms with Gasteiger partial charge in [0.25, 0.3) is 0 Å². The van der Waals surface area contributed by atoms with Gasteiger partial charge >= 0.3 is 31.7 Å². The van der Waals surface area contributed by atoms with Crippen LogP contribution in [0.15, 0.2) is 0 Å². The van der Waals surface area contributed by atoms with Crippen LogP contribution in [0.3, 0.4) is 0 Å². The second-order valence-electron chi connectivity index (χ2n) is 5.06. The Bertz CT molecular complexity index is 259. The van der Waals surface area contributed by atoms with Crippen LogP contribution in [0.1, 0.15) is 47.0 Å². The fraction of sp³-hybridized carbons (Fsp3) is 0.818. The van der Waals surface area contributed by atoms with E-state index in [0.29, 0.717) is 12.8 Å². The molecule has 0 aromatic heterocycles. The molecule has 0 aliphatic rings. The van der Waals surface area contributed by atoms with Crippen LogP contribution in [0.4, 0.5) is 0 Å². The molecule has 0 bridgehead atoms. The van der Waals surface area contributed by atoms with Crippen molar-refractivity contribution < 1.29 is 19.8 Å². The Morgan fingerprint density at radius 1 is 1.06 bits per heavy atom. The van der Waals surface area contributed by atoms with Crippen molar-refractivity contribution in [3.63, 3.8) is 0 Å². The molecule has 0 atom stereocenters. The average Bonchev–Trinajstić information content (AvgIpc) is 2.02. The minimum absolute atomic E-state index is 0. The van der Waals surface area contributed by atoms with Gasteiger partial charge in [-0.3, -0.25) is 9.59 Å². The van der Waals surface area contributed by atoms with Gasteiger partial charge in [-0.1, -0.05) is 13.8 Å². The second-order valence-corrected chi connectivity index (χ2v) is 5.06. The predicted octanol–water partition coefficient (Wildman–Crippen LogP) is 1.19. The molecule has 0 spiro atoms. The third kappa shape index (κ3) is 4.61. The molecule has 0 aliphatic heterocycles. The molecule has 0 saturated heterocycles. The van der Waals surface area contributed by atoms with E-state index in [9.17, 15) is 9.59 Å². The summed E-state index contributed by atoms with van der Waals surface area (Å²) in [5.74, 6) is -1.68. The first kappa shape index (κ1) is 18.0. The maximum atomic E-state index is 11.0. The molecule has 5 heteroatoms. The first-order valence-corrected chi connectivity index (χ1v) is 5.06. The van der Waals surface area contributed by atoms with Crippen LogP contribution < -0.4 is 0 Å². The average molecular weight is 289 g/mol. The van der Waals surface area contributed by atoms with Crippen LogP contribution in [0.2, 0.25) is 0 Å². The van der Waals surface area contributed by atoms with Crippen molar-refractivity contribution in [3.05, 3.63) is 0 Å². The monoisotopic (exact) mass is 288 g/mol. The normalized spacial score (nSPS) is 11.8. The van der Waals surface area contributed by atoms with Crippen molar-refractivity contribution in [2.45, 2.75) is 47.0 Å². The molecule has 0 radical (unpaired) electrons. The Balaban J connectivity index is 0. The molecule has 0 heterocycles. The molecule has 2 N–H and O–H groups in total. The maximum absolute atomic E-state index is 11.0. The second kappa shape index (κ2) is 6.35. The molecule has 94 valence electrons. The minimum atomic E-state index is -0.845. The van der Waals surface area contributed by atoms with Gasteiger partial charge < -0.3 is 10.2 Å². The summed E-state index contributed by atoms with van der Waals surface area (Å²) in [5, 5.41) is 17.6. The zero-order valence-electron chi connectivity index (χ0n) is 9.83. The summed E-state index contributed by atoms with van der Waals surface area (Å²) in [6, 6.07) is 0. The molecule has 0 amide bonds. The van der Waals surface area contributed by atoms with Gasteiger partial charge in [0.1, 0.15) is 0 Å². The summed E-state index contributed by atoms with van der Waals surface area (Å²) in [7, 11) is 0. The van der Waals surface area contributed by atoms with Gasteiger partial charge in [-0.05, 0) is 32.1 Å².